The van der Waals surface area contributed by atoms with E-state index in [9.17, 15) is 19.5 Å². The average molecular weight is 455 g/mol. The van der Waals surface area contributed by atoms with Gasteiger partial charge in [0.15, 0.2) is 0 Å². The van der Waals surface area contributed by atoms with Crippen molar-refractivity contribution in [1.29, 1.82) is 0 Å². The Hall–Kier alpha value is -3.59. The van der Waals surface area contributed by atoms with Gasteiger partial charge in [0.05, 0.1) is 30.6 Å². The van der Waals surface area contributed by atoms with Crippen LogP contribution in [0.1, 0.15) is 34.6 Å². The summed E-state index contributed by atoms with van der Waals surface area (Å²) in [5, 5.41) is 15.2. The topological polar surface area (TPSA) is 111 Å². The van der Waals surface area contributed by atoms with Crippen molar-refractivity contribution in [2.24, 2.45) is 0 Å². The minimum Gasteiger partial charge on any atom is -0.497 e. The molecule has 33 heavy (non-hydrogen) atoms. The number of carboxylic acid groups (broad SMARTS) is 1. The van der Waals surface area contributed by atoms with E-state index in [1.165, 1.54) is 12.1 Å². The quantitative estimate of drug-likeness (QED) is 0.561. The van der Waals surface area contributed by atoms with Crippen molar-refractivity contribution in [1.82, 2.24) is 10.2 Å². The fraction of sp³-hybridized carbons (Fsp3) is 0.375. The molecule has 2 aromatic rings. The first-order chi connectivity index (χ1) is 15.8. The van der Waals surface area contributed by atoms with E-state index in [4.69, 9.17) is 4.74 Å². The van der Waals surface area contributed by atoms with Crippen LogP contribution >= 0.6 is 0 Å². The Kier molecular flexibility index (Phi) is 7.89. The molecule has 0 aliphatic carbocycles. The number of nitrogens with one attached hydrogen (secondary N) is 2. The molecule has 0 radical (unpaired) electrons. The van der Waals surface area contributed by atoms with Crippen LogP contribution in [-0.4, -0.2) is 73.7 Å². The summed E-state index contributed by atoms with van der Waals surface area (Å²) >= 11 is 0. The lowest BCUT2D eigenvalue weighted by Gasteiger charge is -2.36. The molecule has 9 heteroatoms. The Morgan fingerprint density at radius 3 is 2.21 bits per heavy atom. The Balaban J connectivity index is 1.73. The fourth-order valence-corrected chi connectivity index (χ4v) is 3.70. The molecule has 1 fully saturated rings. The lowest BCUT2D eigenvalue weighted by Crippen LogP contribution is -2.50. The summed E-state index contributed by atoms with van der Waals surface area (Å²) < 4.78 is 5.13. The van der Waals surface area contributed by atoms with Crippen LogP contribution in [0.5, 0.6) is 5.75 Å². The summed E-state index contributed by atoms with van der Waals surface area (Å²) in [6, 6.07) is 11.5. The minimum atomic E-state index is -1.07. The van der Waals surface area contributed by atoms with Gasteiger partial charge >= 0.3 is 5.97 Å². The zero-order valence-corrected chi connectivity index (χ0v) is 19.1. The van der Waals surface area contributed by atoms with Crippen LogP contribution < -0.4 is 20.3 Å². The highest BCUT2D eigenvalue weighted by Gasteiger charge is 2.22. The van der Waals surface area contributed by atoms with Gasteiger partial charge in [-0.1, -0.05) is 0 Å². The highest BCUT2D eigenvalue weighted by molar-refractivity contribution is 6.06. The molecule has 3 rings (SSSR count). The molecule has 1 saturated heterocycles. The molecular formula is C24H30N4O5. The van der Waals surface area contributed by atoms with Crippen molar-refractivity contribution in [3.63, 3.8) is 0 Å². The Morgan fingerprint density at radius 2 is 1.64 bits per heavy atom. The molecule has 3 N–H and O–H groups in total. The number of rotatable bonds is 8. The highest BCUT2D eigenvalue weighted by Crippen LogP contribution is 2.29. The monoisotopic (exact) mass is 454 g/mol. The van der Waals surface area contributed by atoms with Crippen LogP contribution in [0.15, 0.2) is 42.5 Å². The smallest absolute Gasteiger partial charge is 0.335 e. The predicted molar refractivity (Wildman–Crippen MR) is 126 cm³/mol. The SMILES string of the molecule is COc1ccc(C(=O)Nc2cc(C(=O)O)ccc2N2CCN(CC(=O)NC(C)C)CC2)cc1. The number of ether oxygens (including phenoxy) is 1. The molecule has 0 saturated carbocycles. The molecule has 176 valence electrons. The van der Waals surface area contributed by atoms with E-state index in [-0.39, 0.29) is 23.4 Å². The zero-order chi connectivity index (χ0) is 24.0. The molecule has 1 heterocycles. The predicted octanol–water partition coefficient (Wildman–Crippen LogP) is 2.29. The van der Waals surface area contributed by atoms with Crippen LogP contribution in [0.2, 0.25) is 0 Å². The number of amides is 2. The van der Waals surface area contributed by atoms with Gasteiger partial charge in [-0.2, -0.15) is 0 Å². The van der Waals surface area contributed by atoms with E-state index in [0.29, 0.717) is 49.7 Å². The molecule has 1 aliphatic rings. The number of anilines is 2. The average Bonchev–Trinajstić information content (AvgIpc) is 2.79. The number of carbonyl (C=O) groups is 3. The van der Waals surface area contributed by atoms with Gasteiger partial charge < -0.3 is 25.4 Å². The van der Waals surface area contributed by atoms with Crippen LogP contribution in [0.25, 0.3) is 0 Å². The van der Waals surface area contributed by atoms with E-state index in [0.717, 1.165) is 5.69 Å². The van der Waals surface area contributed by atoms with Gasteiger partial charge in [0.1, 0.15) is 5.75 Å². The number of methoxy groups -OCH3 is 1. The third-order valence-corrected chi connectivity index (χ3v) is 5.37. The summed E-state index contributed by atoms with van der Waals surface area (Å²) in [4.78, 5) is 40.5. The number of carbonyl (C=O) groups excluding carboxylic acids is 2. The summed E-state index contributed by atoms with van der Waals surface area (Å²) in [5.74, 6) is -0.773. The minimum absolute atomic E-state index is 0.00305. The Labute approximate surface area is 193 Å². The van der Waals surface area contributed by atoms with Crippen molar-refractivity contribution in [2.45, 2.75) is 19.9 Å². The van der Waals surface area contributed by atoms with Crippen LogP contribution in [-0.2, 0) is 4.79 Å². The van der Waals surface area contributed by atoms with Crippen molar-refractivity contribution in [3.8, 4) is 5.75 Å². The molecule has 0 atom stereocenters. The molecular weight excluding hydrogens is 424 g/mol. The second-order valence-corrected chi connectivity index (χ2v) is 8.21. The summed E-state index contributed by atoms with van der Waals surface area (Å²) in [5.41, 5.74) is 1.70. The largest absolute Gasteiger partial charge is 0.497 e. The highest BCUT2D eigenvalue weighted by atomic mass is 16.5. The second-order valence-electron chi connectivity index (χ2n) is 8.21. The molecule has 1 aliphatic heterocycles. The second kappa shape index (κ2) is 10.8. The standard InChI is InChI=1S/C24H30N4O5/c1-16(2)25-22(29)15-27-10-12-28(13-11-27)21-9-6-18(24(31)32)14-20(21)26-23(30)17-4-7-19(33-3)8-5-17/h4-9,14,16H,10-13,15H2,1-3H3,(H,25,29)(H,26,30)(H,31,32). The van der Waals surface area contributed by atoms with Gasteiger partial charge in [-0.25, -0.2) is 4.79 Å². The van der Waals surface area contributed by atoms with Gasteiger partial charge in [0, 0.05) is 37.8 Å². The van der Waals surface area contributed by atoms with Gasteiger partial charge in [-0.05, 0) is 56.3 Å². The van der Waals surface area contributed by atoms with E-state index in [1.54, 1.807) is 37.4 Å². The number of hydrogen-bond donors (Lipinski definition) is 3. The first-order valence-corrected chi connectivity index (χ1v) is 10.9. The van der Waals surface area contributed by atoms with Crippen LogP contribution in [0, 0.1) is 0 Å². The molecule has 0 spiro atoms. The molecule has 0 unspecified atom stereocenters. The first-order valence-electron chi connectivity index (χ1n) is 10.9. The van der Waals surface area contributed by atoms with E-state index < -0.39 is 5.97 Å². The first kappa shape index (κ1) is 24.1. The van der Waals surface area contributed by atoms with Crippen molar-refractivity contribution in [3.05, 3.63) is 53.6 Å². The summed E-state index contributed by atoms with van der Waals surface area (Å²) in [6.07, 6.45) is 0. The summed E-state index contributed by atoms with van der Waals surface area (Å²) in [7, 11) is 1.55. The molecule has 0 aromatic heterocycles. The molecule has 0 bridgehead atoms. The maximum atomic E-state index is 12.8. The molecule has 2 aromatic carbocycles. The fourth-order valence-electron chi connectivity index (χ4n) is 3.70. The Bertz CT molecular complexity index is 998. The van der Waals surface area contributed by atoms with Crippen LogP contribution in [0.3, 0.4) is 0 Å². The van der Waals surface area contributed by atoms with Gasteiger partial charge in [0.2, 0.25) is 5.91 Å². The van der Waals surface area contributed by atoms with Crippen molar-refractivity contribution in [2.75, 3.05) is 50.1 Å². The van der Waals surface area contributed by atoms with E-state index in [2.05, 4.69) is 20.4 Å². The Morgan fingerprint density at radius 1 is 1.00 bits per heavy atom. The number of carboxylic acids is 1. The van der Waals surface area contributed by atoms with Crippen molar-refractivity contribution < 1.29 is 24.2 Å². The van der Waals surface area contributed by atoms with E-state index >= 15 is 0 Å². The lowest BCUT2D eigenvalue weighted by molar-refractivity contribution is -0.122. The van der Waals surface area contributed by atoms with E-state index in [1.807, 2.05) is 13.8 Å². The number of hydrogen-bond acceptors (Lipinski definition) is 6. The lowest BCUT2D eigenvalue weighted by atomic mass is 10.1. The number of benzene rings is 2. The molecule has 9 nitrogen and oxygen atoms in total. The number of aromatic carboxylic acids is 1. The van der Waals surface area contributed by atoms with Gasteiger partial charge in [0.25, 0.3) is 5.91 Å². The molecule has 2 amide bonds. The maximum Gasteiger partial charge on any atom is 0.335 e. The van der Waals surface area contributed by atoms with Crippen molar-refractivity contribution >= 4 is 29.2 Å². The number of piperazine rings is 1. The normalized spacial score (nSPS) is 14.1. The summed E-state index contributed by atoms with van der Waals surface area (Å²) in [6.45, 7) is 6.84. The maximum absolute atomic E-state index is 12.8. The van der Waals surface area contributed by atoms with Crippen LogP contribution in [0.4, 0.5) is 11.4 Å². The third kappa shape index (κ3) is 6.45. The number of nitrogens with zero attached hydrogens (tertiary/aromatic N) is 2. The third-order valence-electron chi connectivity index (χ3n) is 5.37. The zero-order valence-electron chi connectivity index (χ0n) is 19.1. The van der Waals surface area contributed by atoms with Gasteiger partial charge in [-0.3, -0.25) is 14.5 Å². The van der Waals surface area contributed by atoms with Gasteiger partial charge in [-0.15, -0.1) is 0 Å².